The zero-order valence-corrected chi connectivity index (χ0v) is 14.8. The molecule has 6 nitrogen and oxygen atoms in total. The maximum absolute atomic E-state index is 12.8. The minimum atomic E-state index is -4.49. The van der Waals surface area contributed by atoms with Crippen LogP contribution in [-0.4, -0.2) is 34.2 Å². The zero-order chi connectivity index (χ0) is 20.8. The van der Waals surface area contributed by atoms with Crippen molar-refractivity contribution in [2.45, 2.75) is 12.6 Å². The van der Waals surface area contributed by atoms with E-state index in [4.69, 9.17) is 0 Å². The van der Waals surface area contributed by atoms with Crippen LogP contribution in [0.5, 0.6) is 0 Å². The van der Waals surface area contributed by atoms with Crippen LogP contribution in [-0.2, 0) is 11.0 Å². The third kappa shape index (κ3) is 3.46. The fraction of sp³-hybridized carbons (Fsp3) is 0.150. The number of aromatic amines is 1. The van der Waals surface area contributed by atoms with E-state index in [0.717, 1.165) is 11.0 Å². The van der Waals surface area contributed by atoms with Crippen LogP contribution in [0.2, 0.25) is 0 Å². The molecule has 0 unspecified atom stereocenters. The second-order valence-corrected chi connectivity index (χ2v) is 6.59. The van der Waals surface area contributed by atoms with Gasteiger partial charge in [0.2, 0.25) is 5.91 Å². The summed E-state index contributed by atoms with van der Waals surface area (Å²) in [5, 5.41) is 2.87. The number of fused-ring (bicyclic) bond motifs is 2. The quantitative estimate of drug-likeness (QED) is 0.653. The van der Waals surface area contributed by atoms with E-state index >= 15 is 0 Å². The van der Waals surface area contributed by atoms with E-state index in [0.29, 0.717) is 27.7 Å². The van der Waals surface area contributed by atoms with Gasteiger partial charge < -0.3 is 10.3 Å². The molecule has 0 saturated heterocycles. The summed E-state index contributed by atoms with van der Waals surface area (Å²) >= 11 is 0. The maximum Gasteiger partial charge on any atom is 0.431 e. The van der Waals surface area contributed by atoms with Crippen LogP contribution < -0.4 is 5.32 Å². The maximum atomic E-state index is 12.8. The first-order chi connectivity index (χ1) is 13.7. The number of benzene rings is 2. The van der Waals surface area contributed by atoms with Crippen LogP contribution >= 0.6 is 0 Å². The molecule has 2 aromatic carbocycles. The molecule has 0 bridgehead atoms. The molecule has 0 aliphatic carbocycles. The van der Waals surface area contributed by atoms with Crippen molar-refractivity contribution in [1.82, 2.24) is 9.88 Å². The highest BCUT2D eigenvalue weighted by atomic mass is 19.4. The van der Waals surface area contributed by atoms with Gasteiger partial charge in [0.15, 0.2) is 0 Å². The van der Waals surface area contributed by atoms with Gasteiger partial charge in [-0.3, -0.25) is 19.3 Å². The molecular formula is C20H14F3N3O3. The zero-order valence-electron chi connectivity index (χ0n) is 14.8. The fourth-order valence-corrected chi connectivity index (χ4v) is 3.24. The molecule has 1 aliphatic heterocycles. The van der Waals surface area contributed by atoms with E-state index < -0.39 is 29.6 Å². The number of imide groups is 1. The van der Waals surface area contributed by atoms with Gasteiger partial charge in [-0.05, 0) is 36.4 Å². The lowest BCUT2D eigenvalue weighted by molar-refractivity contribution is -0.140. The smallest absolute Gasteiger partial charge is 0.351 e. The number of halogens is 3. The molecule has 4 rings (SSSR count). The molecule has 1 aliphatic rings. The van der Waals surface area contributed by atoms with Crippen LogP contribution in [0.3, 0.4) is 0 Å². The number of hydrogen-bond donors (Lipinski definition) is 2. The van der Waals surface area contributed by atoms with Gasteiger partial charge in [-0.15, -0.1) is 0 Å². The van der Waals surface area contributed by atoms with Gasteiger partial charge in [0, 0.05) is 29.6 Å². The van der Waals surface area contributed by atoms with Crippen LogP contribution in [0.15, 0.2) is 48.5 Å². The topological polar surface area (TPSA) is 82.3 Å². The van der Waals surface area contributed by atoms with Crippen molar-refractivity contribution in [2.24, 2.45) is 0 Å². The van der Waals surface area contributed by atoms with Gasteiger partial charge in [0.05, 0.1) is 11.1 Å². The SMILES string of the molecule is O=C(CCN1C(=O)c2ccccc2C1=O)Nc1ccc2[nH]c(C(F)(F)F)cc2c1. The lowest BCUT2D eigenvalue weighted by Gasteiger charge is -2.13. The highest BCUT2D eigenvalue weighted by Crippen LogP contribution is 2.32. The largest absolute Gasteiger partial charge is 0.431 e. The van der Waals surface area contributed by atoms with Crippen molar-refractivity contribution in [2.75, 3.05) is 11.9 Å². The molecule has 1 aromatic heterocycles. The molecule has 0 fully saturated rings. The number of rotatable bonds is 4. The number of amides is 3. The fourth-order valence-electron chi connectivity index (χ4n) is 3.24. The number of nitrogens with zero attached hydrogens (tertiary/aromatic N) is 1. The number of H-pyrrole nitrogens is 1. The first kappa shape index (κ1) is 18.7. The normalized spacial score (nSPS) is 13.8. The van der Waals surface area contributed by atoms with Gasteiger partial charge in [-0.2, -0.15) is 13.2 Å². The Hall–Kier alpha value is -3.62. The van der Waals surface area contributed by atoms with E-state index in [-0.39, 0.29) is 13.0 Å². The second kappa shape index (κ2) is 6.77. The van der Waals surface area contributed by atoms with Gasteiger partial charge in [-0.25, -0.2) is 0 Å². The molecule has 2 heterocycles. The number of carbonyl (C=O) groups is 3. The minimum absolute atomic E-state index is 0.0944. The van der Waals surface area contributed by atoms with E-state index in [2.05, 4.69) is 10.3 Å². The molecule has 3 amide bonds. The second-order valence-electron chi connectivity index (χ2n) is 6.59. The number of aromatic nitrogens is 1. The van der Waals surface area contributed by atoms with Gasteiger partial charge in [0.1, 0.15) is 5.69 Å². The van der Waals surface area contributed by atoms with Crippen molar-refractivity contribution >= 4 is 34.3 Å². The summed E-state index contributed by atoms with van der Waals surface area (Å²) in [7, 11) is 0. The number of carbonyl (C=O) groups excluding carboxylic acids is 3. The van der Waals surface area contributed by atoms with E-state index in [1.54, 1.807) is 24.3 Å². The van der Waals surface area contributed by atoms with Crippen molar-refractivity contribution in [3.63, 3.8) is 0 Å². The van der Waals surface area contributed by atoms with Crippen LogP contribution in [0.1, 0.15) is 32.8 Å². The molecule has 0 spiro atoms. The third-order valence-electron chi connectivity index (χ3n) is 4.65. The average Bonchev–Trinajstić information content (AvgIpc) is 3.20. The molecule has 9 heteroatoms. The molecular weight excluding hydrogens is 387 g/mol. The molecule has 2 N–H and O–H groups in total. The number of alkyl halides is 3. The standard InChI is InChI=1S/C20H14F3N3O3/c21-20(22,23)16-10-11-9-12(5-6-15(11)25-16)24-17(27)7-8-26-18(28)13-3-1-2-4-14(13)19(26)29/h1-6,9-10,25H,7-8H2,(H,24,27). The molecule has 0 atom stereocenters. The van der Waals surface area contributed by atoms with Gasteiger partial charge in [-0.1, -0.05) is 12.1 Å². The highest BCUT2D eigenvalue weighted by molar-refractivity contribution is 6.21. The highest BCUT2D eigenvalue weighted by Gasteiger charge is 2.35. The number of nitrogens with one attached hydrogen (secondary N) is 2. The molecule has 29 heavy (non-hydrogen) atoms. The van der Waals surface area contributed by atoms with E-state index in [9.17, 15) is 27.6 Å². The summed E-state index contributed by atoms with van der Waals surface area (Å²) < 4.78 is 38.4. The third-order valence-corrected chi connectivity index (χ3v) is 4.65. The van der Waals surface area contributed by atoms with Crippen LogP contribution in [0.4, 0.5) is 18.9 Å². The molecule has 0 radical (unpaired) electrons. The Balaban J connectivity index is 1.41. The Morgan fingerprint density at radius 3 is 2.28 bits per heavy atom. The molecule has 0 saturated carbocycles. The van der Waals surface area contributed by atoms with Crippen molar-refractivity contribution in [3.8, 4) is 0 Å². The van der Waals surface area contributed by atoms with E-state index in [1.165, 1.54) is 18.2 Å². The van der Waals surface area contributed by atoms with Gasteiger partial charge >= 0.3 is 6.18 Å². The molecule has 148 valence electrons. The van der Waals surface area contributed by atoms with Crippen molar-refractivity contribution in [3.05, 3.63) is 65.4 Å². The monoisotopic (exact) mass is 401 g/mol. The first-order valence-corrected chi connectivity index (χ1v) is 8.69. The summed E-state index contributed by atoms with van der Waals surface area (Å²) in [6, 6.07) is 11.7. The summed E-state index contributed by atoms with van der Waals surface area (Å²) in [4.78, 5) is 40.1. The predicted molar refractivity (Wildman–Crippen MR) is 98.4 cm³/mol. The summed E-state index contributed by atoms with van der Waals surface area (Å²) in [6.45, 7) is -0.0944. The van der Waals surface area contributed by atoms with Crippen LogP contribution in [0, 0.1) is 0 Å². The Bertz CT molecular complexity index is 1120. The van der Waals surface area contributed by atoms with Crippen molar-refractivity contribution < 1.29 is 27.6 Å². The Kier molecular flexibility index (Phi) is 4.37. The van der Waals surface area contributed by atoms with E-state index in [1.807, 2.05) is 0 Å². The Labute approximate surface area is 162 Å². The molecule has 3 aromatic rings. The average molecular weight is 401 g/mol. The Morgan fingerprint density at radius 1 is 1.00 bits per heavy atom. The van der Waals surface area contributed by atoms with Gasteiger partial charge in [0.25, 0.3) is 11.8 Å². The first-order valence-electron chi connectivity index (χ1n) is 8.69. The van der Waals surface area contributed by atoms with Crippen LogP contribution in [0.25, 0.3) is 10.9 Å². The lowest BCUT2D eigenvalue weighted by atomic mass is 10.1. The lowest BCUT2D eigenvalue weighted by Crippen LogP contribution is -2.32. The minimum Gasteiger partial charge on any atom is -0.351 e. The predicted octanol–water partition coefficient (Wildman–Crippen LogP) is 3.81. The summed E-state index contributed by atoms with van der Waals surface area (Å²) in [6.07, 6.45) is -4.63. The number of hydrogen-bond acceptors (Lipinski definition) is 3. The number of anilines is 1. The summed E-state index contributed by atoms with van der Waals surface area (Å²) in [5.41, 5.74) is 0.341. The Morgan fingerprint density at radius 2 is 1.66 bits per heavy atom. The van der Waals surface area contributed by atoms with Crippen molar-refractivity contribution in [1.29, 1.82) is 0 Å². The summed E-state index contributed by atoms with van der Waals surface area (Å²) in [5.74, 6) is -1.37.